The van der Waals surface area contributed by atoms with Gasteiger partial charge < -0.3 is 15.4 Å². The molecule has 2 N–H and O–H groups in total. The smallest absolute Gasteiger partial charge is 0.233 e. The average molecular weight is 267 g/mol. The van der Waals surface area contributed by atoms with Gasteiger partial charge in [0.15, 0.2) is 5.13 Å². The highest BCUT2D eigenvalue weighted by Gasteiger charge is 2.33. The zero-order chi connectivity index (χ0) is 12.5. The molecule has 1 aliphatic heterocycles. The molecule has 98 valence electrons. The number of likely N-dealkylation sites (N-methyl/N-ethyl adjacent to an activating group) is 1. The number of amides is 1. The van der Waals surface area contributed by atoms with Crippen molar-refractivity contribution in [3.8, 4) is 0 Å². The van der Waals surface area contributed by atoms with Crippen LogP contribution in [0.2, 0.25) is 0 Å². The summed E-state index contributed by atoms with van der Waals surface area (Å²) in [6.45, 7) is 1.08. The molecule has 2 aliphatic rings. The number of rotatable bonds is 4. The van der Waals surface area contributed by atoms with Gasteiger partial charge in [-0.15, -0.1) is 11.3 Å². The van der Waals surface area contributed by atoms with Crippen LogP contribution in [-0.2, 0) is 9.53 Å². The topological polar surface area (TPSA) is 63.2 Å². The second-order valence-electron chi connectivity index (χ2n) is 4.88. The highest BCUT2D eigenvalue weighted by atomic mass is 32.1. The number of hydrogen-bond donors (Lipinski definition) is 2. The number of hydrogen-bond acceptors (Lipinski definition) is 5. The van der Waals surface area contributed by atoms with Crippen molar-refractivity contribution >= 4 is 22.4 Å². The average Bonchev–Trinajstić information content (AvgIpc) is 2.93. The monoisotopic (exact) mass is 267 g/mol. The Bertz CT molecular complexity index is 444. The number of carbonyl (C=O) groups is 1. The normalized spacial score (nSPS) is 27.4. The fourth-order valence-electron chi connectivity index (χ4n) is 2.21. The molecule has 1 saturated heterocycles. The summed E-state index contributed by atoms with van der Waals surface area (Å²) in [5.41, 5.74) is 1.13. The lowest BCUT2D eigenvalue weighted by molar-refractivity contribution is -0.120. The second kappa shape index (κ2) is 4.95. The van der Waals surface area contributed by atoms with Gasteiger partial charge in [-0.1, -0.05) is 0 Å². The predicted molar refractivity (Wildman–Crippen MR) is 69.9 cm³/mol. The zero-order valence-corrected chi connectivity index (χ0v) is 11.1. The van der Waals surface area contributed by atoms with E-state index >= 15 is 0 Å². The first-order valence-electron chi connectivity index (χ1n) is 6.29. The predicted octanol–water partition coefficient (Wildman–Crippen LogP) is 1.19. The van der Waals surface area contributed by atoms with E-state index in [-0.39, 0.29) is 17.9 Å². The van der Waals surface area contributed by atoms with Crippen molar-refractivity contribution in [3.63, 3.8) is 0 Å². The summed E-state index contributed by atoms with van der Waals surface area (Å²) in [5.74, 6) is 0.513. The molecule has 0 spiro atoms. The van der Waals surface area contributed by atoms with E-state index in [0.29, 0.717) is 24.3 Å². The van der Waals surface area contributed by atoms with Gasteiger partial charge in [0.2, 0.25) is 5.91 Å². The van der Waals surface area contributed by atoms with Gasteiger partial charge in [0, 0.05) is 17.3 Å². The number of carbonyl (C=O) groups excluding carboxylic acids is 1. The van der Waals surface area contributed by atoms with E-state index in [9.17, 15) is 4.79 Å². The molecule has 1 saturated carbocycles. The standard InChI is InChI=1S/C12H17N3O2S/c1-13-9-5-17-4-8(9)11(16)15-12-14-10(6-18-12)7-2-3-7/h6-9,13H,2-5H2,1H3,(H,14,15,16). The molecule has 2 unspecified atom stereocenters. The van der Waals surface area contributed by atoms with Crippen LogP contribution in [-0.4, -0.2) is 37.2 Å². The van der Waals surface area contributed by atoms with Crippen molar-refractivity contribution < 1.29 is 9.53 Å². The number of nitrogens with zero attached hydrogens (tertiary/aromatic N) is 1. The molecule has 0 aromatic carbocycles. The van der Waals surface area contributed by atoms with Crippen LogP contribution in [0, 0.1) is 5.92 Å². The first-order chi connectivity index (χ1) is 8.78. The number of ether oxygens (including phenoxy) is 1. The van der Waals surface area contributed by atoms with E-state index in [0.717, 1.165) is 5.69 Å². The van der Waals surface area contributed by atoms with Crippen LogP contribution in [0.4, 0.5) is 5.13 Å². The van der Waals surface area contributed by atoms with Crippen LogP contribution in [0.3, 0.4) is 0 Å². The fourth-order valence-corrected chi connectivity index (χ4v) is 3.00. The molecular weight excluding hydrogens is 250 g/mol. The molecule has 6 heteroatoms. The van der Waals surface area contributed by atoms with Crippen molar-refractivity contribution in [1.29, 1.82) is 0 Å². The molecule has 1 aliphatic carbocycles. The number of aromatic nitrogens is 1. The van der Waals surface area contributed by atoms with Gasteiger partial charge in [0.25, 0.3) is 0 Å². The van der Waals surface area contributed by atoms with Crippen LogP contribution in [0.25, 0.3) is 0 Å². The van der Waals surface area contributed by atoms with E-state index in [4.69, 9.17) is 4.74 Å². The quantitative estimate of drug-likeness (QED) is 0.860. The van der Waals surface area contributed by atoms with E-state index in [1.54, 1.807) is 0 Å². The molecule has 2 atom stereocenters. The van der Waals surface area contributed by atoms with Crippen molar-refractivity contribution in [2.45, 2.75) is 24.8 Å². The lowest BCUT2D eigenvalue weighted by Gasteiger charge is -2.15. The maximum atomic E-state index is 12.1. The Balaban J connectivity index is 1.62. The summed E-state index contributed by atoms with van der Waals surface area (Å²) in [5, 5.41) is 8.77. The summed E-state index contributed by atoms with van der Waals surface area (Å²) >= 11 is 1.51. The zero-order valence-electron chi connectivity index (χ0n) is 10.3. The first kappa shape index (κ1) is 12.1. The third-order valence-corrected chi connectivity index (χ3v) is 4.31. The van der Waals surface area contributed by atoms with E-state index < -0.39 is 0 Å². The molecule has 0 radical (unpaired) electrons. The number of nitrogens with one attached hydrogen (secondary N) is 2. The highest BCUT2D eigenvalue weighted by molar-refractivity contribution is 7.13. The Hall–Kier alpha value is -0.980. The second-order valence-corrected chi connectivity index (χ2v) is 5.74. The number of thiazole rings is 1. The minimum Gasteiger partial charge on any atom is -0.379 e. The minimum absolute atomic E-state index is 0.00328. The summed E-state index contributed by atoms with van der Waals surface area (Å²) in [4.78, 5) is 16.6. The van der Waals surface area contributed by atoms with Crippen molar-refractivity contribution in [3.05, 3.63) is 11.1 Å². The first-order valence-corrected chi connectivity index (χ1v) is 7.17. The molecule has 18 heavy (non-hydrogen) atoms. The Morgan fingerprint density at radius 3 is 3.06 bits per heavy atom. The maximum Gasteiger partial charge on any atom is 0.233 e. The van der Waals surface area contributed by atoms with Gasteiger partial charge >= 0.3 is 0 Å². The number of anilines is 1. The molecule has 3 rings (SSSR count). The minimum atomic E-state index is -0.122. The van der Waals surface area contributed by atoms with Crippen LogP contribution < -0.4 is 10.6 Å². The van der Waals surface area contributed by atoms with Crippen molar-refractivity contribution in [2.24, 2.45) is 5.92 Å². The molecule has 1 aromatic rings. The summed E-state index contributed by atoms with van der Waals surface area (Å²) in [6.07, 6.45) is 2.46. The van der Waals surface area contributed by atoms with Gasteiger partial charge in [-0.05, 0) is 19.9 Å². The van der Waals surface area contributed by atoms with Gasteiger partial charge in [0.1, 0.15) is 0 Å². The van der Waals surface area contributed by atoms with Crippen LogP contribution in [0.5, 0.6) is 0 Å². The van der Waals surface area contributed by atoms with Gasteiger partial charge in [-0.3, -0.25) is 4.79 Å². The third-order valence-electron chi connectivity index (χ3n) is 3.54. The fraction of sp³-hybridized carbons (Fsp3) is 0.667. The van der Waals surface area contributed by atoms with Crippen molar-refractivity contribution in [1.82, 2.24) is 10.3 Å². The van der Waals surface area contributed by atoms with Crippen LogP contribution in [0.1, 0.15) is 24.5 Å². The summed E-state index contributed by atoms with van der Waals surface area (Å²) in [7, 11) is 1.86. The molecule has 5 nitrogen and oxygen atoms in total. The van der Waals surface area contributed by atoms with E-state index in [1.807, 2.05) is 12.4 Å². The molecule has 1 amide bonds. The SMILES string of the molecule is CNC1COCC1C(=O)Nc1nc(C2CC2)cs1. The Morgan fingerprint density at radius 1 is 1.50 bits per heavy atom. The molecule has 0 bridgehead atoms. The van der Waals surface area contributed by atoms with Crippen LogP contribution in [0.15, 0.2) is 5.38 Å². The highest BCUT2D eigenvalue weighted by Crippen LogP contribution is 2.40. The molecule has 2 heterocycles. The molecule has 2 fully saturated rings. The molecule has 1 aromatic heterocycles. The van der Waals surface area contributed by atoms with Gasteiger partial charge in [-0.25, -0.2) is 4.98 Å². The summed E-state index contributed by atoms with van der Waals surface area (Å²) < 4.78 is 5.33. The largest absolute Gasteiger partial charge is 0.379 e. The Morgan fingerprint density at radius 2 is 2.33 bits per heavy atom. The third kappa shape index (κ3) is 2.41. The van der Waals surface area contributed by atoms with Gasteiger partial charge in [0.05, 0.1) is 24.8 Å². The Kier molecular flexibility index (Phi) is 3.32. The van der Waals surface area contributed by atoms with Crippen molar-refractivity contribution in [2.75, 3.05) is 25.6 Å². The van der Waals surface area contributed by atoms with Gasteiger partial charge in [-0.2, -0.15) is 0 Å². The maximum absolute atomic E-state index is 12.1. The van der Waals surface area contributed by atoms with E-state index in [1.165, 1.54) is 24.2 Å². The lowest BCUT2D eigenvalue weighted by atomic mass is 10.0. The Labute approximate surface area is 110 Å². The van der Waals surface area contributed by atoms with Crippen LogP contribution >= 0.6 is 11.3 Å². The molecular formula is C12H17N3O2S. The summed E-state index contributed by atoms with van der Waals surface area (Å²) in [6, 6.07) is 0.105. The lowest BCUT2D eigenvalue weighted by Crippen LogP contribution is -2.39. The van der Waals surface area contributed by atoms with E-state index in [2.05, 4.69) is 15.6 Å².